The largest absolute Gasteiger partial charge is 0.489 e. The Morgan fingerprint density at radius 3 is 2.35 bits per heavy atom. The number of anilines is 1. The van der Waals surface area contributed by atoms with Gasteiger partial charge in [-0.1, -0.05) is 30.3 Å². The van der Waals surface area contributed by atoms with Crippen LogP contribution in [0.25, 0.3) is 11.5 Å². The van der Waals surface area contributed by atoms with Gasteiger partial charge in [-0.05, 0) is 61.0 Å². The van der Waals surface area contributed by atoms with E-state index >= 15 is 0 Å². The number of rotatable bonds is 8. The summed E-state index contributed by atoms with van der Waals surface area (Å²) in [4.78, 5) is 12.5. The predicted octanol–water partition coefficient (Wildman–Crippen LogP) is 4.72. The number of aromatic nitrogens is 2. The summed E-state index contributed by atoms with van der Waals surface area (Å²) in [6, 6.07) is 24.3. The van der Waals surface area contributed by atoms with Crippen molar-refractivity contribution in [3.05, 3.63) is 90.8 Å². The van der Waals surface area contributed by atoms with Crippen molar-refractivity contribution in [2.24, 2.45) is 0 Å². The molecule has 0 aliphatic carbocycles. The van der Waals surface area contributed by atoms with Gasteiger partial charge in [-0.25, -0.2) is 0 Å². The minimum atomic E-state index is -0.678. The molecule has 7 heteroatoms. The fraction of sp³-hybridized carbons (Fsp3) is 0.125. The van der Waals surface area contributed by atoms with Gasteiger partial charge in [0.1, 0.15) is 18.1 Å². The SMILES string of the molecule is CC(Oc1ccc(-c2nnco2)cc1)C(=O)Nc1ccc(OCc2ccccc2)cc1. The molecule has 0 aliphatic rings. The fourth-order valence-corrected chi connectivity index (χ4v) is 2.85. The molecule has 0 fully saturated rings. The lowest BCUT2D eigenvalue weighted by molar-refractivity contribution is -0.122. The average molecular weight is 415 g/mol. The first-order valence-corrected chi connectivity index (χ1v) is 9.78. The Kier molecular flexibility index (Phi) is 6.23. The normalized spacial score (nSPS) is 11.5. The Hall–Kier alpha value is -4.13. The summed E-state index contributed by atoms with van der Waals surface area (Å²) in [6.45, 7) is 2.18. The van der Waals surface area contributed by atoms with E-state index in [1.165, 1.54) is 6.39 Å². The highest BCUT2D eigenvalue weighted by atomic mass is 16.5. The first-order valence-electron chi connectivity index (χ1n) is 9.78. The van der Waals surface area contributed by atoms with Gasteiger partial charge in [-0.3, -0.25) is 4.79 Å². The maximum absolute atomic E-state index is 12.5. The van der Waals surface area contributed by atoms with Crippen LogP contribution in [-0.2, 0) is 11.4 Å². The van der Waals surface area contributed by atoms with Gasteiger partial charge in [0.15, 0.2) is 6.10 Å². The quantitative estimate of drug-likeness (QED) is 0.448. The molecule has 1 aromatic heterocycles. The van der Waals surface area contributed by atoms with Crippen molar-refractivity contribution in [3.63, 3.8) is 0 Å². The van der Waals surface area contributed by atoms with Gasteiger partial charge in [0.05, 0.1) is 0 Å². The van der Waals surface area contributed by atoms with Crippen molar-refractivity contribution < 1.29 is 18.7 Å². The Labute approximate surface area is 179 Å². The van der Waals surface area contributed by atoms with Crippen molar-refractivity contribution in [2.45, 2.75) is 19.6 Å². The molecule has 4 aromatic rings. The third-order valence-electron chi connectivity index (χ3n) is 4.51. The van der Waals surface area contributed by atoms with Crippen LogP contribution in [0.3, 0.4) is 0 Å². The first kappa shape index (κ1) is 20.2. The maximum atomic E-state index is 12.5. The standard InChI is InChI=1S/C24H21N3O4/c1-17(31-22-11-7-19(8-12-22)24-27-25-16-30-24)23(28)26-20-9-13-21(14-10-20)29-15-18-5-3-2-4-6-18/h2-14,16-17H,15H2,1H3,(H,26,28). The average Bonchev–Trinajstić information content (AvgIpc) is 3.35. The van der Waals surface area contributed by atoms with E-state index in [-0.39, 0.29) is 5.91 Å². The number of hydrogen-bond donors (Lipinski definition) is 1. The molecule has 1 heterocycles. The van der Waals surface area contributed by atoms with Crippen molar-refractivity contribution in [3.8, 4) is 23.0 Å². The molecular weight excluding hydrogens is 394 g/mol. The Bertz CT molecular complexity index is 1100. The summed E-state index contributed by atoms with van der Waals surface area (Å²) in [5.74, 6) is 1.47. The van der Waals surface area contributed by atoms with E-state index in [0.29, 0.717) is 23.9 Å². The zero-order chi connectivity index (χ0) is 21.5. The third kappa shape index (κ3) is 5.48. The third-order valence-corrected chi connectivity index (χ3v) is 4.51. The second-order valence-corrected chi connectivity index (χ2v) is 6.82. The minimum absolute atomic E-state index is 0.251. The van der Waals surface area contributed by atoms with Crippen LogP contribution in [0.15, 0.2) is 89.7 Å². The molecule has 3 aromatic carbocycles. The molecule has 0 saturated carbocycles. The highest BCUT2D eigenvalue weighted by Crippen LogP contribution is 2.22. The van der Waals surface area contributed by atoms with Gasteiger partial charge in [0.25, 0.3) is 5.91 Å². The highest BCUT2D eigenvalue weighted by molar-refractivity contribution is 5.94. The Morgan fingerprint density at radius 1 is 0.968 bits per heavy atom. The number of nitrogens with zero attached hydrogens (tertiary/aromatic N) is 2. The summed E-state index contributed by atoms with van der Waals surface area (Å²) in [5.41, 5.74) is 2.53. The molecule has 0 spiro atoms. The zero-order valence-electron chi connectivity index (χ0n) is 16.9. The van der Waals surface area contributed by atoms with Gasteiger partial charge in [0.2, 0.25) is 12.3 Å². The van der Waals surface area contributed by atoms with Gasteiger partial charge in [-0.2, -0.15) is 0 Å². The van der Waals surface area contributed by atoms with Crippen LogP contribution in [0, 0.1) is 0 Å². The summed E-state index contributed by atoms with van der Waals surface area (Å²) in [5, 5.41) is 10.4. The monoisotopic (exact) mass is 415 g/mol. The van der Waals surface area contributed by atoms with Crippen molar-refractivity contribution in [2.75, 3.05) is 5.32 Å². The van der Waals surface area contributed by atoms with Crippen LogP contribution in [0.4, 0.5) is 5.69 Å². The summed E-state index contributed by atoms with van der Waals surface area (Å²) in [7, 11) is 0. The van der Waals surface area contributed by atoms with Crippen molar-refractivity contribution in [1.29, 1.82) is 0 Å². The molecule has 1 unspecified atom stereocenters. The Balaban J connectivity index is 1.28. The van der Waals surface area contributed by atoms with E-state index < -0.39 is 6.10 Å². The van der Waals surface area contributed by atoms with E-state index in [0.717, 1.165) is 16.9 Å². The second-order valence-electron chi connectivity index (χ2n) is 6.82. The molecule has 0 saturated heterocycles. The lowest BCUT2D eigenvalue weighted by atomic mass is 10.2. The molecule has 4 rings (SSSR count). The van der Waals surface area contributed by atoms with Gasteiger partial charge in [0, 0.05) is 11.3 Å². The molecule has 0 aliphatic heterocycles. The molecule has 7 nitrogen and oxygen atoms in total. The second kappa shape index (κ2) is 9.58. The van der Waals surface area contributed by atoms with Crippen molar-refractivity contribution >= 4 is 11.6 Å². The smallest absolute Gasteiger partial charge is 0.265 e. The van der Waals surface area contributed by atoms with Gasteiger partial charge < -0.3 is 19.2 Å². The van der Waals surface area contributed by atoms with E-state index in [4.69, 9.17) is 13.9 Å². The maximum Gasteiger partial charge on any atom is 0.265 e. The molecule has 0 radical (unpaired) electrons. The first-order chi connectivity index (χ1) is 15.2. The fourth-order valence-electron chi connectivity index (χ4n) is 2.85. The summed E-state index contributed by atoms with van der Waals surface area (Å²) in [6.07, 6.45) is 0.594. The Morgan fingerprint density at radius 2 is 1.68 bits per heavy atom. The molecule has 156 valence electrons. The summed E-state index contributed by atoms with van der Waals surface area (Å²) < 4.78 is 16.6. The van der Waals surface area contributed by atoms with E-state index in [1.54, 1.807) is 43.3 Å². The number of hydrogen-bond acceptors (Lipinski definition) is 6. The van der Waals surface area contributed by atoms with Crippen LogP contribution >= 0.6 is 0 Å². The molecule has 0 bridgehead atoms. The molecule has 1 N–H and O–H groups in total. The molecular formula is C24H21N3O4. The van der Waals surface area contributed by atoms with E-state index in [9.17, 15) is 4.79 Å². The number of nitrogens with one attached hydrogen (secondary N) is 1. The minimum Gasteiger partial charge on any atom is -0.489 e. The van der Waals surface area contributed by atoms with Crippen LogP contribution in [0.1, 0.15) is 12.5 Å². The zero-order valence-corrected chi connectivity index (χ0v) is 16.9. The summed E-state index contributed by atoms with van der Waals surface area (Å²) >= 11 is 0. The number of amides is 1. The van der Waals surface area contributed by atoms with Crippen molar-refractivity contribution in [1.82, 2.24) is 10.2 Å². The number of carbonyl (C=O) groups excluding carboxylic acids is 1. The van der Waals surface area contributed by atoms with E-state index in [2.05, 4.69) is 15.5 Å². The molecule has 31 heavy (non-hydrogen) atoms. The number of ether oxygens (including phenoxy) is 2. The van der Waals surface area contributed by atoms with Crippen LogP contribution in [0.5, 0.6) is 11.5 Å². The van der Waals surface area contributed by atoms with Crippen LogP contribution in [0.2, 0.25) is 0 Å². The van der Waals surface area contributed by atoms with E-state index in [1.807, 2.05) is 42.5 Å². The predicted molar refractivity (Wildman–Crippen MR) is 116 cm³/mol. The van der Waals surface area contributed by atoms with Gasteiger partial charge >= 0.3 is 0 Å². The van der Waals surface area contributed by atoms with Crippen LogP contribution in [-0.4, -0.2) is 22.2 Å². The number of carbonyl (C=O) groups is 1. The molecule has 1 atom stereocenters. The van der Waals surface area contributed by atoms with Gasteiger partial charge in [-0.15, -0.1) is 10.2 Å². The lowest BCUT2D eigenvalue weighted by Gasteiger charge is -2.15. The number of benzene rings is 3. The highest BCUT2D eigenvalue weighted by Gasteiger charge is 2.15. The lowest BCUT2D eigenvalue weighted by Crippen LogP contribution is -2.30. The van der Waals surface area contributed by atoms with Crippen LogP contribution < -0.4 is 14.8 Å². The molecule has 1 amide bonds. The topological polar surface area (TPSA) is 86.5 Å².